The van der Waals surface area contributed by atoms with Gasteiger partial charge in [0, 0.05) is 42.7 Å². The first-order chi connectivity index (χ1) is 15.1. The molecule has 2 amide bonds. The second-order valence-corrected chi connectivity index (χ2v) is 7.69. The van der Waals surface area contributed by atoms with E-state index in [2.05, 4.69) is 32.5 Å². The van der Waals surface area contributed by atoms with Crippen LogP contribution >= 0.6 is 0 Å². The molecule has 0 spiro atoms. The fourth-order valence-corrected chi connectivity index (χ4v) is 3.47. The fraction of sp³-hybridized carbons (Fsp3) is 0.333. The molecule has 1 saturated heterocycles. The van der Waals surface area contributed by atoms with Crippen LogP contribution in [0, 0.1) is 0 Å². The second-order valence-electron chi connectivity index (χ2n) is 7.69. The molecule has 3 aromatic heterocycles. The van der Waals surface area contributed by atoms with Gasteiger partial charge in [-0.05, 0) is 43.5 Å². The fourth-order valence-electron chi connectivity index (χ4n) is 3.47. The van der Waals surface area contributed by atoms with Crippen molar-refractivity contribution in [3.8, 4) is 0 Å². The first kappa shape index (κ1) is 19.2. The lowest BCUT2D eigenvalue weighted by Crippen LogP contribution is -2.25. The maximum absolute atomic E-state index is 12.0. The van der Waals surface area contributed by atoms with E-state index in [1.165, 1.54) is 0 Å². The van der Waals surface area contributed by atoms with Gasteiger partial charge in [-0.3, -0.25) is 19.9 Å². The minimum atomic E-state index is -0.372. The molecule has 1 saturated carbocycles. The van der Waals surface area contributed by atoms with Gasteiger partial charge in [-0.25, -0.2) is 0 Å². The molecule has 2 N–H and O–H groups in total. The first-order valence-corrected chi connectivity index (χ1v) is 10.3. The van der Waals surface area contributed by atoms with Crippen LogP contribution in [0.25, 0.3) is 11.7 Å². The summed E-state index contributed by atoms with van der Waals surface area (Å²) < 4.78 is 1.66. The zero-order valence-corrected chi connectivity index (χ0v) is 17.1. The third-order valence-corrected chi connectivity index (χ3v) is 5.31. The molecule has 2 fully saturated rings. The van der Waals surface area contributed by atoms with Crippen molar-refractivity contribution in [3.63, 3.8) is 0 Å². The van der Waals surface area contributed by atoms with E-state index in [9.17, 15) is 9.59 Å². The topological polar surface area (TPSA) is 117 Å². The van der Waals surface area contributed by atoms with E-state index >= 15 is 0 Å². The molecule has 10 nitrogen and oxygen atoms in total. The number of anilines is 2. The molecule has 5 rings (SSSR count). The SMILES string of the molecule is CCN(Cc1ccncc1)c1nc(NC2CC2)n2ncc(/C=C3\CC(=O)NC3=O)c2n1. The molecular weight excluding hydrogens is 396 g/mol. The lowest BCUT2D eigenvalue weighted by molar-refractivity contribution is -0.124. The highest BCUT2D eigenvalue weighted by Gasteiger charge is 2.26. The summed E-state index contributed by atoms with van der Waals surface area (Å²) in [5.41, 5.74) is 2.76. The number of fused-ring (bicyclic) bond motifs is 1. The molecule has 3 aromatic rings. The van der Waals surface area contributed by atoms with Crippen LogP contribution in [0.3, 0.4) is 0 Å². The third-order valence-electron chi connectivity index (χ3n) is 5.31. The average molecular weight is 418 g/mol. The van der Waals surface area contributed by atoms with E-state index in [4.69, 9.17) is 9.97 Å². The normalized spacial score (nSPS) is 17.4. The summed E-state index contributed by atoms with van der Waals surface area (Å²) in [6.07, 6.45) is 9.11. The van der Waals surface area contributed by atoms with Crippen molar-refractivity contribution >= 4 is 35.4 Å². The van der Waals surface area contributed by atoms with Crippen LogP contribution in [0.4, 0.5) is 11.9 Å². The van der Waals surface area contributed by atoms with Crippen molar-refractivity contribution in [1.82, 2.24) is 29.9 Å². The van der Waals surface area contributed by atoms with Gasteiger partial charge in [0.05, 0.1) is 12.6 Å². The van der Waals surface area contributed by atoms with Gasteiger partial charge < -0.3 is 10.2 Å². The minimum absolute atomic E-state index is 0.0599. The number of rotatable bonds is 7. The van der Waals surface area contributed by atoms with Crippen LogP contribution in [0.15, 0.2) is 36.3 Å². The van der Waals surface area contributed by atoms with Crippen LogP contribution < -0.4 is 15.5 Å². The average Bonchev–Trinajstić information content (AvgIpc) is 3.41. The second kappa shape index (κ2) is 7.78. The molecule has 0 bridgehead atoms. The highest BCUT2D eigenvalue weighted by atomic mass is 16.2. The molecule has 31 heavy (non-hydrogen) atoms. The van der Waals surface area contributed by atoms with Gasteiger partial charge in [-0.1, -0.05) is 0 Å². The monoisotopic (exact) mass is 418 g/mol. The van der Waals surface area contributed by atoms with Crippen LogP contribution in [0.2, 0.25) is 0 Å². The number of pyridine rings is 1. The molecule has 0 radical (unpaired) electrons. The smallest absolute Gasteiger partial charge is 0.254 e. The Bertz CT molecular complexity index is 1180. The molecular formula is C21H22N8O2. The molecule has 2 aliphatic rings. The highest BCUT2D eigenvalue weighted by Crippen LogP contribution is 2.27. The molecule has 0 atom stereocenters. The largest absolute Gasteiger partial charge is 0.351 e. The molecule has 158 valence electrons. The number of imide groups is 1. The maximum atomic E-state index is 12.0. The summed E-state index contributed by atoms with van der Waals surface area (Å²) in [5, 5.41) is 10.2. The molecule has 0 aromatic carbocycles. The Kier molecular flexibility index (Phi) is 4.81. The van der Waals surface area contributed by atoms with Gasteiger partial charge in [-0.15, -0.1) is 0 Å². The third kappa shape index (κ3) is 3.96. The molecule has 0 unspecified atom stereocenters. The van der Waals surface area contributed by atoms with Gasteiger partial charge in [0.25, 0.3) is 5.91 Å². The summed E-state index contributed by atoms with van der Waals surface area (Å²) in [6.45, 7) is 3.40. The lowest BCUT2D eigenvalue weighted by atomic mass is 10.1. The van der Waals surface area contributed by atoms with Crippen LogP contribution in [-0.2, 0) is 16.1 Å². The Morgan fingerprint density at radius 1 is 1.26 bits per heavy atom. The predicted molar refractivity (Wildman–Crippen MR) is 114 cm³/mol. The number of nitrogens with zero attached hydrogens (tertiary/aromatic N) is 6. The van der Waals surface area contributed by atoms with E-state index in [0.717, 1.165) is 18.4 Å². The summed E-state index contributed by atoms with van der Waals surface area (Å²) in [7, 11) is 0. The standard InChI is InChI=1S/C21H22N8O2/c1-2-28(12-13-5-7-22-8-6-13)20-26-18-15(9-14-10-17(30)25-19(14)31)11-23-29(18)21(27-20)24-16-3-4-16/h5-9,11,16H,2-4,10,12H2,1H3,(H,24,26,27)(H,25,30,31)/b14-9+. The van der Waals surface area contributed by atoms with Gasteiger partial charge in [-0.2, -0.15) is 19.6 Å². The van der Waals surface area contributed by atoms with E-state index in [1.807, 2.05) is 12.1 Å². The van der Waals surface area contributed by atoms with Crippen molar-refractivity contribution in [2.45, 2.75) is 38.8 Å². The maximum Gasteiger partial charge on any atom is 0.254 e. The van der Waals surface area contributed by atoms with Gasteiger partial charge >= 0.3 is 0 Å². The molecule has 1 aliphatic heterocycles. The zero-order valence-electron chi connectivity index (χ0n) is 17.1. The van der Waals surface area contributed by atoms with Crippen LogP contribution in [0.5, 0.6) is 0 Å². The Hall–Kier alpha value is -3.82. The Morgan fingerprint density at radius 3 is 2.74 bits per heavy atom. The Labute approximate surface area is 178 Å². The Morgan fingerprint density at radius 2 is 2.06 bits per heavy atom. The minimum Gasteiger partial charge on any atom is -0.351 e. The zero-order chi connectivity index (χ0) is 21.4. The summed E-state index contributed by atoms with van der Waals surface area (Å²) >= 11 is 0. The number of carbonyl (C=O) groups is 2. The summed E-state index contributed by atoms with van der Waals surface area (Å²) in [6, 6.07) is 4.31. The van der Waals surface area contributed by atoms with Crippen molar-refractivity contribution in [2.75, 3.05) is 16.8 Å². The van der Waals surface area contributed by atoms with E-state index < -0.39 is 0 Å². The number of nitrogens with one attached hydrogen (secondary N) is 2. The Balaban J connectivity index is 1.57. The van der Waals surface area contributed by atoms with E-state index in [-0.39, 0.29) is 18.2 Å². The number of hydrogen-bond acceptors (Lipinski definition) is 8. The molecule has 1 aliphatic carbocycles. The molecule has 4 heterocycles. The first-order valence-electron chi connectivity index (χ1n) is 10.3. The lowest BCUT2D eigenvalue weighted by Gasteiger charge is -2.22. The highest BCUT2D eigenvalue weighted by molar-refractivity contribution is 6.15. The number of aromatic nitrogens is 5. The van der Waals surface area contributed by atoms with Crippen molar-refractivity contribution in [3.05, 3.63) is 47.4 Å². The van der Waals surface area contributed by atoms with Gasteiger partial charge in [0.1, 0.15) is 0 Å². The van der Waals surface area contributed by atoms with E-state index in [0.29, 0.717) is 47.8 Å². The van der Waals surface area contributed by atoms with Crippen LogP contribution in [0.1, 0.15) is 37.3 Å². The number of carbonyl (C=O) groups excluding carboxylic acids is 2. The van der Waals surface area contributed by atoms with Gasteiger partial charge in [0.2, 0.25) is 17.8 Å². The summed E-state index contributed by atoms with van der Waals surface area (Å²) in [5.74, 6) is 0.519. The quantitative estimate of drug-likeness (QED) is 0.438. The van der Waals surface area contributed by atoms with Crippen LogP contribution in [-0.4, -0.2) is 49.0 Å². The molecule has 10 heteroatoms. The van der Waals surface area contributed by atoms with Crippen molar-refractivity contribution in [2.24, 2.45) is 0 Å². The van der Waals surface area contributed by atoms with Crippen molar-refractivity contribution < 1.29 is 9.59 Å². The number of amides is 2. The van der Waals surface area contributed by atoms with Crippen molar-refractivity contribution in [1.29, 1.82) is 0 Å². The summed E-state index contributed by atoms with van der Waals surface area (Å²) in [4.78, 5) is 39.2. The predicted octanol–water partition coefficient (Wildman–Crippen LogP) is 1.55. The number of hydrogen-bond donors (Lipinski definition) is 2. The van der Waals surface area contributed by atoms with Gasteiger partial charge in [0.15, 0.2) is 5.65 Å². The van der Waals surface area contributed by atoms with E-state index in [1.54, 1.807) is 29.2 Å².